The second kappa shape index (κ2) is 10.6. The van der Waals surface area contributed by atoms with Crippen LogP contribution in [-0.4, -0.2) is 73.1 Å². The van der Waals surface area contributed by atoms with Crippen LogP contribution in [0.5, 0.6) is 0 Å². The van der Waals surface area contributed by atoms with Gasteiger partial charge in [-0.25, -0.2) is 0 Å². The Hall–Kier alpha value is -3.91. The highest BCUT2D eigenvalue weighted by atomic mass is 16.5. The minimum absolute atomic E-state index is 0.0330. The van der Waals surface area contributed by atoms with E-state index in [1.165, 1.54) is 23.4 Å². The first-order chi connectivity index (χ1) is 18.0. The molecule has 2 amide bonds. The number of amides is 2. The van der Waals surface area contributed by atoms with E-state index in [9.17, 15) is 14.4 Å². The molecule has 3 aromatic rings. The monoisotopic (exact) mass is 500 g/mol. The number of carbonyl (C=O) groups is 3. The van der Waals surface area contributed by atoms with Crippen molar-refractivity contribution in [2.75, 3.05) is 44.9 Å². The lowest BCUT2D eigenvalue weighted by atomic mass is 9.85. The zero-order chi connectivity index (χ0) is 25.8. The molecule has 2 fully saturated rings. The van der Waals surface area contributed by atoms with Crippen molar-refractivity contribution < 1.29 is 19.1 Å². The maximum absolute atomic E-state index is 13.8. The van der Waals surface area contributed by atoms with Crippen molar-refractivity contribution >= 4 is 34.2 Å². The second-order valence-corrected chi connectivity index (χ2v) is 9.71. The topological polar surface area (TPSA) is 82.2 Å². The Kier molecular flexibility index (Phi) is 7.10. The number of anilines is 1. The van der Waals surface area contributed by atoms with Gasteiger partial charge in [-0.3, -0.25) is 19.3 Å². The minimum Gasteiger partial charge on any atom is -0.468 e. The van der Waals surface area contributed by atoms with Crippen molar-refractivity contribution in [3.05, 3.63) is 78.4 Å². The highest BCUT2D eigenvalue weighted by molar-refractivity contribution is 5.96. The SMILES string of the molecule is COC(=O)CNC(=O)CN1CN(c2ccccc2)C2(CCN(Cc3cccc4ccccc34)CC2)C1=O. The first-order valence-corrected chi connectivity index (χ1v) is 12.6. The van der Waals surface area contributed by atoms with Crippen LogP contribution in [-0.2, 0) is 25.7 Å². The molecule has 5 rings (SSSR count). The number of benzene rings is 3. The zero-order valence-electron chi connectivity index (χ0n) is 21.1. The van der Waals surface area contributed by atoms with Crippen molar-refractivity contribution in [2.45, 2.75) is 24.9 Å². The maximum atomic E-state index is 13.8. The molecule has 0 bridgehead atoms. The van der Waals surface area contributed by atoms with E-state index in [1.54, 1.807) is 4.90 Å². The number of carbonyl (C=O) groups excluding carboxylic acids is 3. The van der Waals surface area contributed by atoms with E-state index in [-0.39, 0.29) is 24.9 Å². The van der Waals surface area contributed by atoms with E-state index in [0.29, 0.717) is 19.5 Å². The molecule has 8 heteroatoms. The highest BCUT2D eigenvalue weighted by Gasteiger charge is 2.53. The van der Waals surface area contributed by atoms with Gasteiger partial charge >= 0.3 is 5.97 Å². The number of nitrogens with zero attached hydrogens (tertiary/aromatic N) is 3. The van der Waals surface area contributed by atoms with Gasteiger partial charge in [0.15, 0.2) is 0 Å². The molecule has 192 valence electrons. The lowest BCUT2D eigenvalue weighted by Crippen LogP contribution is -2.56. The molecule has 1 spiro atoms. The largest absolute Gasteiger partial charge is 0.468 e. The van der Waals surface area contributed by atoms with E-state index in [0.717, 1.165) is 25.3 Å². The van der Waals surface area contributed by atoms with Crippen LogP contribution in [0.15, 0.2) is 72.8 Å². The molecule has 0 aliphatic carbocycles. The predicted molar refractivity (Wildman–Crippen MR) is 142 cm³/mol. The van der Waals surface area contributed by atoms with Crippen molar-refractivity contribution in [1.29, 1.82) is 0 Å². The Labute approximate surface area is 216 Å². The van der Waals surface area contributed by atoms with Crippen LogP contribution in [0.3, 0.4) is 0 Å². The Morgan fingerprint density at radius 3 is 2.41 bits per heavy atom. The van der Waals surface area contributed by atoms with Gasteiger partial charge in [-0.2, -0.15) is 0 Å². The zero-order valence-corrected chi connectivity index (χ0v) is 21.1. The van der Waals surface area contributed by atoms with Gasteiger partial charge in [-0.1, -0.05) is 60.7 Å². The summed E-state index contributed by atoms with van der Waals surface area (Å²) in [5.41, 5.74) is 1.56. The number of hydrogen-bond donors (Lipinski definition) is 1. The van der Waals surface area contributed by atoms with Crippen LogP contribution in [0.1, 0.15) is 18.4 Å². The van der Waals surface area contributed by atoms with Gasteiger partial charge in [-0.05, 0) is 41.3 Å². The molecule has 37 heavy (non-hydrogen) atoms. The summed E-state index contributed by atoms with van der Waals surface area (Å²) in [4.78, 5) is 43.9. The third-order valence-corrected chi connectivity index (χ3v) is 7.53. The Morgan fingerprint density at radius 2 is 1.65 bits per heavy atom. The van der Waals surface area contributed by atoms with Gasteiger partial charge in [0.1, 0.15) is 18.6 Å². The molecule has 0 radical (unpaired) electrons. The van der Waals surface area contributed by atoms with Gasteiger partial charge in [0, 0.05) is 25.3 Å². The average molecular weight is 501 g/mol. The van der Waals surface area contributed by atoms with Gasteiger partial charge in [-0.15, -0.1) is 0 Å². The molecule has 0 unspecified atom stereocenters. The molecule has 2 heterocycles. The number of fused-ring (bicyclic) bond motifs is 1. The van der Waals surface area contributed by atoms with E-state index < -0.39 is 11.5 Å². The molecule has 2 aliphatic heterocycles. The standard InChI is InChI=1S/C29H32N4O4/c1-37-27(35)18-30-26(34)20-32-21-33(24-11-3-2-4-12-24)29(28(32)36)14-16-31(17-15-29)19-23-10-7-9-22-8-5-6-13-25(22)23/h2-13H,14-21H2,1H3,(H,30,34). The van der Waals surface area contributed by atoms with Gasteiger partial charge in [0.25, 0.3) is 0 Å². The summed E-state index contributed by atoms with van der Waals surface area (Å²) in [6.07, 6.45) is 1.34. The molecule has 8 nitrogen and oxygen atoms in total. The fourth-order valence-corrected chi connectivity index (χ4v) is 5.55. The average Bonchev–Trinajstić information content (AvgIpc) is 3.19. The maximum Gasteiger partial charge on any atom is 0.325 e. The summed E-state index contributed by atoms with van der Waals surface area (Å²) in [6.45, 7) is 2.41. The number of nitrogens with one attached hydrogen (secondary N) is 1. The lowest BCUT2D eigenvalue weighted by molar-refractivity contribution is -0.141. The summed E-state index contributed by atoms with van der Waals surface area (Å²) in [5, 5.41) is 5.04. The Balaban J connectivity index is 1.32. The van der Waals surface area contributed by atoms with Crippen LogP contribution >= 0.6 is 0 Å². The first-order valence-electron chi connectivity index (χ1n) is 12.6. The number of esters is 1. The van der Waals surface area contributed by atoms with Crippen molar-refractivity contribution in [1.82, 2.24) is 15.1 Å². The van der Waals surface area contributed by atoms with Crippen LogP contribution in [0.2, 0.25) is 0 Å². The van der Waals surface area contributed by atoms with Crippen molar-refractivity contribution in [3.8, 4) is 0 Å². The third-order valence-electron chi connectivity index (χ3n) is 7.53. The molecular weight excluding hydrogens is 468 g/mol. The van der Waals surface area contributed by atoms with Gasteiger partial charge in [0.2, 0.25) is 11.8 Å². The highest BCUT2D eigenvalue weighted by Crippen LogP contribution is 2.39. The number of likely N-dealkylation sites (tertiary alicyclic amines) is 1. The number of hydrogen-bond acceptors (Lipinski definition) is 6. The van der Waals surface area contributed by atoms with Crippen molar-refractivity contribution in [2.24, 2.45) is 0 Å². The molecule has 0 saturated carbocycles. The number of para-hydroxylation sites is 1. The van der Waals surface area contributed by atoms with E-state index in [4.69, 9.17) is 0 Å². The molecule has 1 N–H and O–H groups in total. The Bertz CT molecular complexity index is 1280. The van der Waals surface area contributed by atoms with Crippen LogP contribution in [0, 0.1) is 0 Å². The predicted octanol–water partition coefficient (Wildman–Crippen LogP) is 2.77. The van der Waals surface area contributed by atoms with Gasteiger partial charge in [0.05, 0.1) is 13.8 Å². The molecule has 2 saturated heterocycles. The van der Waals surface area contributed by atoms with Crippen LogP contribution in [0.4, 0.5) is 5.69 Å². The summed E-state index contributed by atoms with van der Waals surface area (Å²) >= 11 is 0. The summed E-state index contributed by atoms with van der Waals surface area (Å²) in [7, 11) is 1.27. The van der Waals surface area contributed by atoms with E-state index in [2.05, 4.69) is 62.3 Å². The first kappa shape index (κ1) is 24.8. The fourth-order valence-electron chi connectivity index (χ4n) is 5.55. The second-order valence-electron chi connectivity index (χ2n) is 9.71. The lowest BCUT2D eigenvalue weighted by Gasteiger charge is -2.43. The smallest absolute Gasteiger partial charge is 0.325 e. The quantitative estimate of drug-likeness (QED) is 0.503. The summed E-state index contributed by atoms with van der Waals surface area (Å²) in [5.74, 6) is -0.936. The van der Waals surface area contributed by atoms with E-state index >= 15 is 0 Å². The Morgan fingerprint density at radius 1 is 0.946 bits per heavy atom. The van der Waals surface area contributed by atoms with Gasteiger partial charge < -0.3 is 19.9 Å². The number of ether oxygens (including phenoxy) is 1. The van der Waals surface area contributed by atoms with Crippen LogP contribution < -0.4 is 10.2 Å². The normalized spacial score (nSPS) is 17.4. The summed E-state index contributed by atoms with van der Waals surface area (Å²) < 4.78 is 4.59. The van der Waals surface area contributed by atoms with E-state index in [1.807, 2.05) is 30.3 Å². The molecule has 2 aliphatic rings. The summed E-state index contributed by atoms with van der Waals surface area (Å²) in [6, 6.07) is 24.8. The number of methoxy groups -OCH3 is 1. The minimum atomic E-state index is -0.695. The molecular formula is C29H32N4O4. The van der Waals surface area contributed by atoms with Crippen molar-refractivity contribution in [3.63, 3.8) is 0 Å². The molecule has 0 aromatic heterocycles. The third kappa shape index (κ3) is 5.02. The number of rotatable bonds is 7. The molecule has 0 atom stereocenters. The van der Waals surface area contributed by atoms with Crippen LogP contribution in [0.25, 0.3) is 10.8 Å². The fraction of sp³-hybridized carbons (Fsp3) is 0.345. The number of piperidine rings is 1. The molecule has 3 aromatic carbocycles.